The van der Waals surface area contributed by atoms with Crippen molar-refractivity contribution in [1.29, 1.82) is 0 Å². The SMILES string of the molecule is COc1ccc(Cl)c(NC(=O)CCCCCN2C(=O)C(C)SC2=S)c1. The molecule has 1 aromatic rings. The molecule has 1 aliphatic heterocycles. The number of ether oxygens (including phenoxy) is 1. The number of halogens is 1. The van der Waals surface area contributed by atoms with Gasteiger partial charge in [0.25, 0.3) is 0 Å². The van der Waals surface area contributed by atoms with Crippen LogP contribution in [0.25, 0.3) is 0 Å². The number of anilines is 1. The Morgan fingerprint density at radius 2 is 2.16 bits per heavy atom. The van der Waals surface area contributed by atoms with E-state index >= 15 is 0 Å². The Morgan fingerprint density at radius 3 is 2.80 bits per heavy atom. The van der Waals surface area contributed by atoms with E-state index in [2.05, 4.69) is 5.32 Å². The van der Waals surface area contributed by atoms with Crippen molar-refractivity contribution in [2.24, 2.45) is 0 Å². The van der Waals surface area contributed by atoms with Gasteiger partial charge in [0.1, 0.15) is 10.1 Å². The summed E-state index contributed by atoms with van der Waals surface area (Å²) in [4.78, 5) is 25.6. The maximum atomic E-state index is 12.0. The lowest BCUT2D eigenvalue weighted by atomic mass is 10.1. The molecule has 0 spiro atoms. The predicted molar refractivity (Wildman–Crippen MR) is 106 cm³/mol. The van der Waals surface area contributed by atoms with E-state index in [4.69, 9.17) is 28.6 Å². The van der Waals surface area contributed by atoms with Gasteiger partial charge >= 0.3 is 0 Å². The molecule has 5 nitrogen and oxygen atoms in total. The lowest BCUT2D eigenvalue weighted by Gasteiger charge is -2.14. The van der Waals surface area contributed by atoms with Gasteiger partial charge in [0.2, 0.25) is 11.8 Å². The van der Waals surface area contributed by atoms with Gasteiger partial charge in [-0.15, -0.1) is 0 Å². The van der Waals surface area contributed by atoms with Crippen LogP contribution in [0.15, 0.2) is 18.2 Å². The number of nitrogens with one attached hydrogen (secondary N) is 1. The van der Waals surface area contributed by atoms with Gasteiger partial charge < -0.3 is 10.1 Å². The second-order valence-electron chi connectivity index (χ2n) is 5.72. The Balaban J connectivity index is 1.69. The molecule has 1 N–H and O–H groups in total. The molecule has 0 radical (unpaired) electrons. The summed E-state index contributed by atoms with van der Waals surface area (Å²) >= 11 is 12.7. The van der Waals surface area contributed by atoms with E-state index in [0.29, 0.717) is 33.7 Å². The third kappa shape index (κ3) is 5.59. The number of amides is 2. The zero-order valence-corrected chi connectivity index (χ0v) is 16.6. The molecule has 1 aliphatic rings. The van der Waals surface area contributed by atoms with Gasteiger partial charge in [-0.2, -0.15) is 0 Å². The Bertz CT molecular complexity index is 669. The van der Waals surface area contributed by atoms with Crippen molar-refractivity contribution in [1.82, 2.24) is 4.90 Å². The molecule has 25 heavy (non-hydrogen) atoms. The fourth-order valence-electron chi connectivity index (χ4n) is 2.45. The quantitative estimate of drug-likeness (QED) is 0.526. The summed E-state index contributed by atoms with van der Waals surface area (Å²) in [5.41, 5.74) is 0.546. The van der Waals surface area contributed by atoms with E-state index in [1.807, 2.05) is 6.92 Å². The Hall–Kier alpha value is -1.31. The summed E-state index contributed by atoms with van der Waals surface area (Å²) in [6.07, 6.45) is 2.82. The minimum atomic E-state index is -0.0906. The monoisotopic (exact) mass is 400 g/mol. The highest BCUT2D eigenvalue weighted by Gasteiger charge is 2.32. The second-order valence-corrected chi connectivity index (χ2v) is 8.10. The van der Waals surface area contributed by atoms with Crippen molar-refractivity contribution >= 4 is 57.4 Å². The van der Waals surface area contributed by atoms with E-state index < -0.39 is 0 Å². The average Bonchev–Trinajstić information content (AvgIpc) is 2.82. The molecule has 1 saturated heterocycles. The molecule has 2 rings (SSSR count). The molecule has 1 fully saturated rings. The molecule has 1 atom stereocenters. The van der Waals surface area contributed by atoms with Crippen molar-refractivity contribution in [3.05, 3.63) is 23.2 Å². The van der Waals surface area contributed by atoms with E-state index in [0.717, 1.165) is 19.3 Å². The van der Waals surface area contributed by atoms with Crippen LogP contribution in [0.1, 0.15) is 32.6 Å². The van der Waals surface area contributed by atoms with E-state index in [9.17, 15) is 9.59 Å². The number of unbranched alkanes of at least 4 members (excludes halogenated alkanes) is 2. The lowest BCUT2D eigenvalue weighted by molar-refractivity contribution is -0.125. The summed E-state index contributed by atoms with van der Waals surface area (Å²) in [5.74, 6) is 0.630. The largest absolute Gasteiger partial charge is 0.497 e. The summed E-state index contributed by atoms with van der Waals surface area (Å²) in [7, 11) is 1.56. The van der Waals surface area contributed by atoms with Crippen LogP contribution in [0.4, 0.5) is 5.69 Å². The van der Waals surface area contributed by atoms with Crippen LogP contribution < -0.4 is 10.1 Å². The highest BCUT2D eigenvalue weighted by molar-refractivity contribution is 8.24. The number of hydrogen-bond acceptors (Lipinski definition) is 5. The topological polar surface area (TPSA) is 58.6 Å². The average molecular weight is 401 g/mol. The summed E-state index contributed by atoms with van der Waals surface area (Å²) in [6.45, 7) is 2.49. The van der Waals surface area contributed by atoms with Crippen LogP contribution in [-0.4, -0.2) is 39.9 Å². The number of benzene rings is 1. The highest BCUT2D eigenvalue weighted by atomic mass is 35.5. The number of thiocarbonyl (C=S) groups is 1. The third-order valence-corrected chi connectivity index (χ3v) is 5.66. The molecule has 0 bridgehead atoms. The zero-order chi connectivity index (χ0) is 18.4. The van der Waals surface area contributed by atoms with Crippen LogP contribution in [0.5, 0.6) is 5.75 Å². The van der Waals surface area contributed by atoms with Gasteiger partial charge in [-0.3, -0.25) is 14.5 Å². The molecule has 2 amide bonds. The van der Waals surface area contributed by atoms with Crippen molar-refractivity contribution in [2.75, 3.05) is 19.0 Å². The number of carbonyl (C=O) groups is 2. The van der Waals surface area contributed by atoms with Crippen molar-refractivity contribution in [3.63, 3.8) is 0 Å². The second kappa shape index (κ2) is 9.40. The molecule has 0 saturated carbocycles. The van der Waals surface area contributed by atoms with E-state index in [-0.39, 0.29) is 17.1 Å². The molecule has 8 heteroatoms. The first-order valence-electron chi connectivity index (χ1n) is 8.07. The number of nitrogens with zero attached hydrogens (tertiary/aromatic N) is 1. The van der Waals surface area contributed by atoms with Crippen LogP contribution >= 0.6 is 35.6 Å². The van der Waals surface area contributed by atoms with Crippen LogP contribution in [0.2, 0.25) is 5.02 Å². The highest BCUT2D eigenvalue weighted by Crippen LogP contribution is 2.28. The Kier molecular flexibility index (Phi) is 7.53. The molecule has 1 unspecified atom stereocenters. The smallest absolute Gasteiger partial charge is 0.241 e. The number of hydrogen-bond donors (Lipinski definition) is 1. The predicted octanol–water partition coefficient (Wildman–Crippen LogP) is 4.10. The molecule has 1 aromatic carbocycles. The number of carbonyl (C=O) groups excluding carboxylic acids is 2. The van der Waals surface area contributed by atoms with Crippen LogP contribution in [0, 0.1) is 0 Å². The molecule has 0 aromatic heterocycles. The van der Waals surface area contributed by atoms with Gasteiger partial charge in [-0.05, 0) is 31.9 Å². The first-order chi connectivity index (χ1) is 11.9. The summed E-state index contributed by atoms with van der Waals surface area (Å²) < 4.78 is 5.78. The van der Waals surface area contributed by atoms with E-state index in [1.165, 1.54) is 11.8 Å². The minimum absolute atomic E-state index is 0.0779. The molecule has 1 heterocycles. The van der Waals surface area contributed by atoms with Gasteiger partial charge in [-0.25, -0.2) is 0 Å². The number of thioether (sulfide) groups is 1. The summed E-state index contributed by atoms with van der Waals surface area (Å²) in [5, 5.41) is 3.19. The first kappa shape index (κ1) is 20.0. The van der Waals surface area contributed by atoms with Crippen LogP contribution in [0.3, 0.4) is 0 Å². The fraction of sp³-hybridized carbons (Fsp3) is 0.471. The van der Waals surface area contributed by atoms with Crippen molar-refractivity contribution in [2.45, 2.75) is 37.9 Å². The van der Waals surface area contributed by atoms with Crippen molar-refractivity contribution < 1.29 is 14.3 Å². The Morgan fingerprint density at radius 1 is 1.40 bits per heavy atom. The molecule has 136 valence electrons. The Labute approximate surface area is 162 Å². The minimum Gasteiger partial charge on any atom is -0.497 e. The van der Waals surface area contributed by atoms with E-state index in [1.54, 1.807) is 30.2 Å². The summed E-state index contributed by atoms with van der Waals surface area (Å²) in [6, 6.07) is 5.12. The lowest BCUT2D eigenvalue weighted by Crippen LogP contribution is -2.31. The first-order valence-corrected chi connectivity index (χ1v) is 9.74. The van der Waals surface area contributed by atoms with Gasteiger partial charge in [-0.1, -0.05) is 42.0 Å². The molecular formula is C17H21ClN2O3S2. The van der Waals surface area contributed by atoms with Gasteiger partial charge in [0, 0.05) is 19.0 Å². The zero-order valence-electron chi connectivity index (χ0n) is 14.2. The third-order valence-electron chi connectivity index (χ3n) is 3.84. The normalized spacial score (nSPS) is 17.1. The fourth-order valence-corrected chi connectivity index (χ4v) is 4.07. The molecule has 0 aliphatic carbocycles. The molecular weight excluding hydrogens is 380 g/mol. The van der Waals surface area contributed by atoms with Crippen molar-refractivity contribution in [3.8, 4) is 5.75 Å². The van der Waals surface area contributed by atoms with Gasteiger partial charge in [0.05, 0.1) is 23.1 Å². The number of methoxy groups -OCH3 is 1. The van der Waals surface area contributed by atoms with Gasteiger partial charge in [0.15, 0.2) is 0 Å². The number of rotatable bonds is 8. The van der Waals surface area contributed by atoms with Crippen LogP contribution in [-0.2, 0) is 9.59 Å². The maximum Gasteiger partial charge on any atom is 0.241 e. The standard InChI is InChI=1S/C17H21ClN2O3S2/c1-11-16(22)20(17(24)25-11)9-5-3-4-6-15(21)19-14-10-12(23-2)7-8-13(14)18/h7-8,10-11H,3-6,9H2,1-2H3,(H,19,21). The maximum absolute atomic E-state index is 12.0.